The van der Waals surface area contributed by atoms with Crippen LogP contribution in [0.5, 0.6) is 5.75 Å². The summed E-state index contributed by atoms with van der Waals surface area (Å²) in [6.45, 7) is 4.75. The van der Waals surface area contributed by atoms with Crippen LogP contribution in [-0.2, 0) is 21.1 Å². The Kier molecular flexibility index (Phi) is 6.90. The van der Waals surface area contributed by atoms with E-state index in [9.17, 15) is 13.2 Å². The molecule has 0 aromatic heterocycles. The van der Waals surface area contributed by atoms with Gasteiger partial charge in [-0.1, -0.05) is 61.0 Å². The molecule has 4 rings (SSSR count). The summed E-state index contributed by atoms with van der Waals surface area (Å²) in [4.78, 5) is 19.1. The summed E-state index contributed by atoms with van der Waals surface area (Å²) < 4.78 is 30.4. The van der Waals surface area contributed by atoms with Crippen LogP contribution in [0.3, 0.4) is 0 Å². The lowest BCUT2D eigenvalue weighted by Gasteiger charge is -2.25. The number of aryl methyl sites for hydroxylation is 1. The van der Waals surface area contributed by atoms with Gasteiger partial charge in [0.25, 0.3) is 5.91 Å². The molecule has 0 spiro atoms. The Balaban J connectivity index is 1.60. The summed E-state index contributed by atoms with van der Waals surface area (Å²) >= 11 is 1.39. The van der Waals surface area contributed by atoms with Crippen LogP contribution in [0.1, 0.15) is 30.9 Å². The van der Waals surface area contributed by atoms with Gasteiger partial charge in [0.2, 0.25) is 0 Å². The van der Waals surface area contributed by atoms with Crippen molar-refractivity contribution < 1.29 is 17.9 Å². The number of carbonyl (C=O) groups excluding carboxylic acids is 1. The molecule has 2 aliphatic heterocycles. The summed E-state index contributed by atoms with van der Waals surface area (Å²) in [6.07, 6.45) is 2.23. The molecule has 170 valence electrons. The Labute approximate surface area is 194 Å². The number of hydrogen-bond acceptors (Lipinski definition) is 5. The SMILES string of the molecule is CCCCOc1cccc(N2C(=NC(=O)Cc3ccc(C)cc3)S[C@@H]3CS(=O)(=O)C[C@@H]32)c1. The molecule has 2 heterocycles. The van der Waals surface area contributed by atoms with Crippen LogP contribution >= 0.6 is 11.8 Å². The molecule has 0 aliphatic carbocycles. The third-order valence-electron chi connectivity index (χ3n) is 5.63. The van der Waals surface area contributed by atoms with Crippen molar-refractivity contribution in [2.75, 3.05) is 23.0 Å². The van der Waals surface area contributed by atoms with E-state index in [1.807, 2.05) is 60.4 Å². The zero-order chi connectivity index (χ0) is 22.7. The first-order chi connectivity index (χ1) is 15.3. The van der Waals surface area contributed by atoms with E-state index in [0.29, 0.717) is 11.8 Å². The largest absolute Gasteiger partial charge is 0.494 e. The maximum Gasteiger partial charge on any atom is 0.252 e. The van der Waals surface area contributed by atoms with E-state index in [0.717, 1.165) is 35.4 Å². The number of fused-ring (bicyclic) bond motifs is 1. The van der Waals surface area contributed by atoms with Crippen LogP contribution in [0.4, 0.5) is 5.69 Å². The molecule has 2 aromatic rings. The van der Waals surface area contributed by atoms with Gasteiger partial charge < -0.3 is 9.64 Å². The average Bonchev–Trinajstić information content (AvgIpc) is 3.20. The van der Waals surface area contributed by atoms with Gasteiger partial charge in [0.05, 0.1) is 30.6 Å². The van der Waals surface area contributed by atoms with Crippen LogP contribution in [-0.4, -0.2) is 48.9 Å². The highest BCUT2D eigenvalue weighted by Gasteiger charge is 2.49. The molecule has 0 saturated carbocycles. The predicted octanol–water partition coefficient (Wildman–Crippen LogP) is 4.02. The fraction of sp³-hybridized carbons (Fsp3) is 0.417. The molecule has 2 saturated heterocycles. The van der Waals surface area contributed by atoms with Gasteiger partial charge in [-0.15, -0.1) is 0 Å². The molecule has 0 bridgehead atoms. The number of nitrogens with zero attached hydrogens (tertiary/aromatic N) is 2. The summed E-state index contributed by atoms with van der Waals surface area (Å²) in [5, 5.41) is 0.438. The van der Waals surface area contributed by atoms with Gasteiger partial charge in [-0.2, -0.15) is 4.99 Å². The first kappa shape index (κ1) is 22.9. The number of carbonyl (C=O) groups is 1. The molecule has 0 N–H and O–H groups in total. The van der Waals surface area contributed by atoms with Crippen molar-refractivity contribution in [3.63, 3.8) is 0 Å². The summed E-state index contributed by atoms with van der Waals surface area (Å²) in [5.41, 5.74) is 2.85. The number of thioether (sulfide) groups is 1. The first-order valence-corrected chi connectivity index (χ1v) is 13.6. The summed E-state index contributed by atoms with van der Waals surface area (Å²) in [7, 11) is -3.11. The highest BCUT2D eigenvalue weighted by atomic mass is 32.2. The molecule has 2 atom stereocenters. The van der Waals surface area contributed by atoms with Crippen molar-refractivity contribution >= 4 is 38.4 Å². The first-order valence-electron chi connectivity index (χ1n) is 10.9. The topological polar surface area (TPSA) is 76.0 Å². The molecule has 6 nitrogen and oxygen atoms in total. The van der Waals surface area contributed by atoms with Crippen LogP contribution in [0.15, 0.2) is 53.5 Å². The highest BCUT2D eigenvalue weighted by molar-refractivity contribution is 8.16. The third-order valence-corrected chi connectivity index (χ3v) is 8.84. The fourth-order valence-corrected chi connectivity index (χ4v) is 7.88. The Morgan fingerprint density at radius 1 is 1.19 bits per heavy atom. The lowest BCUT2D eigenvalue weighted by Crippen LogP contribution is -2.37. The number of ether oxygens (including phenoxy) is 1. The second kappa shape index (κ2) is 9.67. The van der Waals surface area contributed by atoms with E-state index >= 15 is 0 Å². The standard InChI is InChI=1S/C24H28N2O4S2/c1-3-4-12-30-20-7-5-6-19(14-20)26-21-15-32(28,29)16-22(21)31-24(26)25-23(27)13-18-10-8-17(2)9-11-18/h5-11,14,21-22H,3-4,12-13,15-16H2,1-2H3/t21-,22+/m0/s1. The molecule has 8 heteroatoms. The zero-order valence-corrected chi connectivity index (χ0v) is 20.0. The molecular formula is C24H28N2O4S2. The lowest BCUT2D eigenvalue weighted by atomic mass is 10.1. The molecule has 2 aromatic carbocycles. The Hall–Kier alpha value is -2.32. The van der Waals surface area contributed by atoms with Crippen molar-refractivity contribution in [1.29, 1.82) is 0 Å². The van der Waals surface area contributed by atoms with Crippen molar-refractivity contribution in [1.82, 2.24) is 0 Å². The number of rotatable bonds is 7. The van der Waals surface area contributed by atoms with Crippen LogP contribution in [0.2, 0.25) is 0 Å². The number of benzene rings is 2. The quantitative estimate of drug-likeness (QED) is 0.567. The van der Waals surface area contributed by atoms with Crippen LogP contribution in [0, 0.1) is 6.92 Å². The Morgan fingerprint density at radius 2 is 1.97 bits per heavy atom. The van der Waals surface area contributed by atoms with Crippen molar-refractivity contribution in [3.8, 4) is 5.75 Å². The third kappa shape index (κ3) is 5.35. The number of hydrogen-bond donors (Lipinski definition) is 0. The molecule has 2 aliphatic rings. The van der Waals surface area contributed by atoms with Crippen LogP contribution in [0.25, 0.3) is 0 Å². The minimum absolute atomic E-state index is 0.0662. The van der Waals surface area contributed by atoms with Gasteiger partial charge in [0.15, 0.2) is 15.0 Å². The van der Waals surface area contributed by atoms with Gasteiger partial charge in [0.1, 0.15) is 5.75 Å². The minimum atomic E-state index is -3.11. The number of amides is 1. The highest BCUT2D eigenvalue weighted by Crippen LogP contribution is 2.41. The summed E-state index contributed by atoms with van der Waals surface area (Å²) in [5.74, 6) is 0.670. The molecular weight excluding hydrogens is 444 g/mol. The number of aliphatic imine (C=N–C) groups is 1. The van der Waals surface area contributed by atoms with E-state index in [1.54, 1.807) is 0 Å². The normalized spacial score (nSPS) is 22.8. The maximum atomic E-state index is 12.7. The smallest absolute Gasteiger partial charge is 0.252 e. The van der Waals surface area contributed by atoms with Gasteiger partial charge in [-0.25, -0.2) is 8.42 Å². The zero-order valence-electron chi connectivity index (χ0n) is 18.4. The molecule has 32 heavy (non-hydrogen) atoms. The number of amidine groups is 1. The maximum absolute atomic E-state index is 12.7. The van der Waals surface area contributed by atoms with Gasteiger partial charge in [-0.05, 0) is 31.0 Å². The van der Waals surface area contributed by atoms with Crippen LogP contribution < -0.4 is 9.64 Å². The summed E-state index contributed by atoms with van der Waals surface area (Å²) in [6, 6.07) is 15.2. The fourth-order valence-electron chi connectivity index (χ4n) is 3.95. The molecule has 0 radical (unpaired) electrons. The van der Waals surface area contributed by atoms with Crippen molar-refractivity contribution in [2.45, 2.75) is 44.4 Å². The lowest BCUT2D eigenvalue weighted by molar-refractivity contribution is -0.117. The predicted molar refractivity (Wildman–Crippen MR) is 130 cm³/mol. The number of anilines is 1. The van der Waals surface area contributed by atoms with Gasteiger partial charge in [-0.3, -0.25) is 4.79 Å². The number of sulfone groups is 1. The molecule has 2 fully saturated rings. The minimum Gasteiger partial charge on any atom is -0.494 e. The van der Waals surface area contributed by atoms with Crippen molar-refractivity contribution in [3.05, 3.63) is 59.7 Å². The van der Waals surface area contributed by atoms with E-state index in [2.05, 4.69) is 11.9 Å². The molecule has 0 unspecified atom stereocenters. The Bertz CT molecular complexity index is 1110. The molecule has 1 amide bonds. The van der Waals surface area contributed by atoms with E-state index in [-0.39, 0.29) is 35.1 Å². The second-order valence-electron chi connectivity index (χ2n) is 8.32. The van der Waals surface area contributed by atoms with E-state index < -0.39 is 9.84 Å². The Morgan fingerprint density at radius 3 is 2.72 bits per heavy atom. The van der Waals surface area contributed by atoms with E-state index in [1.165, 1.54) is 11.8 Å². The monoisotopic (exact) mass is 472 g/mol. The van der Waals surface area contributed by atoms with Gasteiger partial charge >= 0.3 is 0 Å². The van der Waals surface area contributed by atoms with Crippen molar-refractivity contribution in [2.24, 2.45) is 4.99 Å². The second-order valence-corrected chi connectivity index (χ2v) is 11.7. The number of unbranched alkanes of at least 4 members (excludes halogenated alkanes) is 1. The van der Waals surface area contributed by atoms with E-state index in [4.69, 9.17) is 4.74 Å². The van der Waals surface area contributed by atoms with Gasteiger partial charge in [0, 0.05) is 17.0 Å². The average molecular weight is 473 g/mol.